The van der Waals surface area contributed by atoms with E-state index in [9.17, 15) is 18.9 Å². The Balaban J connectivity index is 2.68. The second kappa shape index (κ2) is 3.16. The van der Waals surface area contributed by atoms with Crippen LogP contribution in [-0.2, 0) is 0 Å². The molecule has 0 radical (unpaired) electrons. The summed E-state index contributed by atoms with van der Waals surface area (Å²) in [6, 6.07) is -1.30. The Kier molecular flexibility index (Phi) is 2.40. The molecule has 1 aliphatic carbocycles. The van der Waals surface area contributed by atoms with Gasteiger partial charge >= 0.3 is 0 Å². The Labute approximate surface area is 68.2 Å². The zero-order valence-electron chi connectivity index (χ0n) is 6.37. The van der Waals surface area contributed by atoms with Gasteiger partial charge in [0, 0.05) is 17.8 Å². The average molecular weight is 177 g/mol. The molecular weight excluding hydrogens is 168 g/mol. The van der Waals surface area contributed by atoms with Crippen molar-refractivity contribution >= 4 is 0 Å². The summed E-state index contributed by atoms with van der Waals surface area (Å²) in [5.74, 6) is 0. The molecule has 12 heavy (non-hydrogen) atoms. The number of nitro groups is 1. The van der Waals surface area contributed by atoms with Crippen LogP contribution in [0.25, 0.3) is 0 Å². The van der Waals surface area contributed by atoms with Crippen LogP contribution in [-0.4, -0.2) is 23.3 Å². The summed E-state index contributed by atoms with van der Waals surface area (Å²) in [6.45, 7) is 3.32. The van der Waals surface area contributed by atoms with Crippen molar-refractivity contribution in [1.82, 2.24) is 0 Å². The molecule has 0 N–H and O–H groups in total. The Hall–Kier alpha value is -1.00. The van der Waals surface area contributed by atoms with E-state index in [1.54, 1.807) is 0 Å². The molecule has 3 atom stereocenters. The van der Waals surface area contributed by atoms with Gasteiger partial charge in [-0.25, -0.2) is 8.78 Å². The highest BCUT2D eigenvalue weighted by Crippen LogP contribution is 2.29. The van der Waals surface area contributed by atoms with E-state index in [0.29, 0.717) is 0 Å². The van der Waals surface area contributed by atoms with Crippen molar-refractivity contribution in [3.8, 4) is 0 Å². The Morgan fingerprint density at radius 3 is 2.67 bits per heavy atom. The molecule has 68 valence electrons. The lowest BCUT2D eigenvalue weighted by atomic mass is 9.89. The van der Waals surface area contributed by atoms with Crippen molar-refractivity contribution < 1.29 is 13.7 Å². The van der Waals surface area contributed by atoms with E-state index in [1.807, 2.05) is 0 Å². The maximum Gasteiger partial charge on any atom is 0.247 e. The first-order valence-electron chi connectivity index (χ1n) is 3.61. The molecule has 0 saturated heterocycles. The van der Waals surface area contributed by atoms with Gasteiger partial charge in [0.25, 0.3) is 0 Å². The van der Waals surface area contributed by atoms with E-state index < -0.39 is 29.7 Å². The zero-order chi connectivity index (χ0) is 9.30. The van der Waals surface area contributed by atoms with Gasteiger partial charge in [-0.2, -0.15) is 0 Å². The van der Waals surface area contributed by atoms with Gasteiger partial charge in [-0.1, -0.05) is 6.58 Å². The van der Waals surface area contributed by atoms with Crippen LogP contribution < -0.4 is 0 Å². The molecule has 0 heterocycles. The van der Waals surface area contributed by atoms with Crippen molar-refractivity contribution in [2.75, 3.05) is 0 Å². The summed E-state index contributed by atoms with van der Waals surface area (Å²) in [5, 5.41) is 10.2. The van der Waals surface area contributed by atoms with Crippen molar-refractivity contribution in [3.05, 3.63) is 22.3 Å². The molecule has 1 rings (SSSR count). The lowest BCUT2D eigenvalue weighted by Crippen LogP contribution is -2.38. The van der Waals surface area contributed by atoms with E-state index in [4.69, 9.17) is 0 Å². The molecule has 0 spiro atoms. The highest BCUT2D eigenvalue weighted by atomic mass is 19.1. The van der Waals surface area contributed by atoms with Crippen LogP contribution in [0, 0.1) is 10.1 Å². The maximum atomic E-state index is 12.8. The van der Waals surface area contributed by atoms with E-state index in [0.717, 1.165) is 0 Å². The summed E-state index contributed by atoms with van der Waals surface area (Å²) >= 11 is 0. The summed E-state index contributed by atoms with van der Waals surface area (Å²) < 4.78 is 25.5. The number of alkyl halides is 2. The third-order valence-corrected chi connectivity index (χ3v) is 2.03. The minimum Gasteiger partial charge on any atom is -0.264 e. The van der Waals surface area contributed by atoms with E-state index in [1.165, 1.54) is 0 Å². The fourth-order valence-corrected chi connectivity index (χ4v) is 1.25. The third kappa shape index (κ3) is 1.60. The maximum absolute atomic E-state index is 12.8. The first-order valence-corrected chi connectivity index (χ1v) is 3.61. The van der Waals surface area contributed by atoms with Gasteiger partial charge in [0.05, 0.1) is 0 Å². The van der Waals surface area contributed by atoms with Crippen molar-refractivity contribution in [1.29, 1.82) is 0 Å². The average Bonchev–Trinajstić information content (AvgIpc) is 1.96. The topological polar surface area (TPSA) is 43.1 Å². The third-order valence-electron chi connectivity index (χ3n) is 2.03. The first-order chi connectivity index (χ1) is 5.52. The standard InChI is InChI=1S/C7H9F2NO2/c1-4-2-7(10(11)12)6(9)3-5(4)8/h5-7H,1-3H2. The molecule has 0 aromatic heterocycles. The van der Waals surface area contributed by atoms with Crippen LogP contribution in [0.15, 0.2) is 12.2 Å². The summed E-state index contributed by atoms with van der Waals surface area (Å²) in [4.78, 5) is 9.51. The molecule has 0 amide bonds. The number of rotatable bonds is 1. The van der Waals surface area contributed by atoms with Crippen molar-refractivity contribution in [2.45, 2.75) is 31.2 Å². The number of hydrogen-bond acceptors (Lipinski definition) is 2. The summed E-state index contributed by atoms with van der Waals surface area (Å²) in [5.41, 5.74) is 0.130. The minimum absolute atomic E-state index is 0.130. The van der Waals surface area contributed by atoms with Gasteiger partial charge in [-0.3, -0.25) is 10.1 Å². The Bertz CT molecular complexity index is 219. The van der Waals surface area contributed by atoms with Crippen molar-refractivity contribution in [2.24, 2.45) is 0 Å². The Morgan fingerprint density at radius 2 is 2.17 bits per heavy atom. The van der Waals surface area contributed by atoms with Crippen LogP contribution in [0.1, 0.15) is 12.8 Å². The molecule has 3 unspecified atom stereocenters. The van der Waals surface area contributed by atoms with E-state index in [2.05, 4.69) is 6.58 Å². The highest BCUT2D eigenvalue weighted by Gasteiger charge is 2.40. The van der Waals surface area contributed by atoms with Gasteiger partial charge in [-0.05, 0) is 5.57 Å². The first kappa shape index (κ1) is 9.09. The van der Waals surface area contributed by atoms with Gasteiger partial charge in [0.2, 0.25) is 6.04 Å². The fraction of sp³-hybridized carbons (Fsp3) is 0.714. The zero-order valence-corrected chi connectivity index (χ0v) is 6.37. The predicted octanol–water partition coefficient (Wildman–Crippen LogP) is 1.66. The van der Waals surface area contributed by atoms with E-state index >= 15 is 0 Å². The number of nitrogens with zero attached hydrogens (tertiary/aromatic N) is 1. The highest BCUT2D eigenvalue weighted by molar-refractivity contribution is 5.09. The molecule has 0 aliphatic heterocycles. The van der Waals surface area contributed by atoms with Crippen LogP contribution in [0.2, 0.25) is 0 Å². The monoisotopic (exact) mass is 177 g/mol. The molecule has 1 saturated carbocycles. The Morgan fingerprint density at radius 1 is 1.58 bits per heavy atom. The quantitative estimate of drug-likeness (QED) is 0.347. The summed E-state index contributed by atoms with van der Waals surface area (Å²) in [6.07, 6.45) is -3.71. The normalized spacial score (nSPS) is 36.5. The second-order valence-corrected chi connectivity index (χ2v) is 2.93. The minimum atomic E-state index is -1.68. The van der Waals surface area contributed by atoms with Crippen LogP contribution in [0.3, 0.4) is 0 Å². The van der Waals surface area contributed by atoms with Crippen molar-refractivity contribution in [3.63, 3.8) is 0 Å². The predicted molar refractivity (Wildman–Crippen MR) is 38.9 cm³/mol. The molecule has 1 aliphatic rings. The van der Waals surface area contributed by atoms with Gasteiger partial charge in [-0.15, -0.1) is 0 Å². The molecule has 0 aromatic rings. The molecular formula is C7H9F2NO2. The lowest BCUT2D eigenvalue weighted by molar-refractivity contribution is -0.532. The SMILES string of the molecule is C=C1CC([N+](=O)[O-])C(F)CC1F. The lowest BCUT2D eigenvalue weighted by Gasteiger charge is -2.23. The second-order valence-electron chi connectivity index (χ2n) is 2.93. The largest absolute Gasteiger partial charge is 0.264 e. The van der Waals surface area contributed by atoms with Crippen LogP contribution in [0.5, 0.6) is 0 Å². The number of hydrogen-bond donors (Lipinski definition) is 0. The molecule has 0 aromatic carbocycles. The van der Waals surface area contributed by atoms with E-state index in [-0.39, 0.29) is 12.0 Å². The smallest absolute Gasteiger partial charge is 0.247 e. The van der Waals surface area contributed by atoms with Crippen LogP contribution in [0.4, 0.5) is 8.78 Å². The molecule has 5 heteroatoms. The molecule has 3 nitrogen and oxygen atoms in total. The molecule has 0 bridgehead atoms. The fourth-order valence-electron chi connectivity index (χ4n) is 1.25. The molecule has 1 fully saturated rings. The van der Waals surface area contributed by atoms with Gasteiger partial charge < -0.3 is 0 Å². The van der Waals surface area contributed by atoms with Crippen LogP contribution >= 0.6 is 0 Å². The number of halogens is 2. The van der Waals surface area contributed by atoms with Gasteiger partial charge in [0.15, 0.2) is 6.17 Å². The summed E-state index contributed by atoms with van der Waals surface area (Å²) in [7, 11) is 0. The van der Waals surface area contributed by atoms with Gasteiger partial charge in [0.1, 0.15) is 6.17 Å².